The first-order valence-electron chi connectivity index (χ1n) is 7.05. The molecule has 0 bridgehead atoms. The van der Waals surface area contributed by atoms with Crippen molar-refractivity contribution in [3.63, 3.8) is 0 Å². The first-order chi connectivity index (χ1) is 11.1. The second-order valence-corrected chi connectivity index (χ2v) is 5.00. The van der Waals surface area contributed by atoms with Crippen molar-refractivity contribution in [2.24, 2.45) is 0 Å². The van der Waals surface area contributed by atoms with Gasteiger partial charge in [0.2, 0.25) is 0 Å². The molecular weight excluding hydrogens is 294 g/mol. The molecule has 0 fully saturated rings. The zero-order valence-corrected chi connectivity index (χ0v) is 12.4. The number of hydrogen-bond donors (Lipinski definition) is 2. The molecule has 0 aliphatic carbocycles. The minimum Gasteiger partial charge on any atom is -0.410 e. The predicted molar refractivity (Wildman–Crippen MR) is 87.2 cm³/mol. The minimum absolute atomic E-state index is 0.305. The molecule has 6 nitrogen and oxygen atoms in total. The zero-order valence-electron chi connectivity index (χ0n) is 12.4. The van der Waals surface area contributed by atoms with Gasteiger partial charge in [-0.1, -0.05) is 35.9 Å². The maximum atomic E-state index is 12.0. The van der Waals surface area contributed by atoms with Gasteiger partial charge in [0.05, 0.1) is 5.69 Å². The van der Waals surface area contributed by atoms with E-state index in [1.54, 1.807) is 24.3 Å². The third kappa shape index (κ3) is 3.49. The van der Waals surface area contributed by atoms with Crippen molar-refractivity contribution in [2.75, 3.05) is 5.32 Å². The van der Waals surface area contributed by atoms with Crippen molar-refractivity contribution in [3.8, 4) is 11.4 Å². The Morgan fingerprint density at radius 1 is 1.09 bits per heavy atom. The Morgan fingerprint density at radius 3 is 2.48 bits per heavy atom. The highest BCUT2D eigenvalue weighted by atomic mass is 16.6. The van der Waals surface area contributed by atoms with Crippen molar-refractivity contribution in [1.82, 2.24) is 9.78 Å². The highest BCUT2D eigenvalue weighted by Gasteiger charge is 2.11. The molecule has 1 aromatic heterocycles. The third-order valence-corrected chi connectivity index (χ3v) is 3.21. The Bertz CT molecular complexity index is 864. The van der Waals surface area contributed by atoms with Crippen molar-refractivity contribution in [2.45, 2.75) is 6.92 Å². The van der Waals surface area contributed by atoms with E-state index in [0.29, 0.717) is 11.6 Å². The van der Waals surface area contributed by atoms with Crippen LogP contribution in [0.3, 0.4) is 0 Å². The zero-order chi connectivity index (χ0) is 16.2. The van der Waals surface area contributed by atoms with E-state index < -0.39 is 6.09 Å². The summed E-state index contributed by atoms with van der Waals surface area (Å²) >= 11 is 0. The van der Waals surface area contributed by atoms with E-state index in [2.05, 4.69) is 10.4 Å². The number of nitrogens with one attached hydrogen (secondary N) is 2. The van der Waals surface area contributed by atoms with Crippen LogP contribution in [0.4, 0.5) is 10.6 Å². The van der Waals surface area contributed by atoms with E-state index in [1.807, 2.05) is 37.3 Å². The van der Waals surface area contributed by atoms with Gasteiger partial charge < -0.3 is 4.74 Å². The summed E-state index contributed by atoms with van der Waals surface area (Å²) in [5, 5.41) is 5.20. The third-order valence-electron chi connectivity index (χ3n) is 3.21. The number of nitrogens with zero attached hydrogens (tertiary/aromatic N) is 1. The Hall–Kier alpha value is -3.28. The highest BCUT2D eigenvalue weighted by Crippen LogP contribution is 2.15. The van der Waals surface area contributed by atoms with Crippen molar-refractivity contribution >= 4 is 11.9 Å². The number of carbonyl (C=O) groups excluding carboxylic acids is 1. The average molecular weight is 309 g/mol. The minimum atomic E-state index is -0.670. The maximum Gasteiger partial charge on any atom is 0.418 e. The van der Waals surface area contributed by atoms with Crippen LogP contribution < -0.4 is 15.6 Å². The van der Waals surface area contributed by atoms with Gasteiger partial charge in [0.1, 0.15) is 11.6 Å². The number of hydrogen-bond acceptors (Lipinski definition) is 3. The monoisotopic (exact) mass is 309 g/mol. The topological polar surface area (TPSA) is 76.1 Å². The van der Waals surface area contributed by atoms with Crippen LogP contribution in [-0.2, 0) is 0 Å². The van der Waals surface area contributed by atoms with Gasteiger partial charge in [0.15, 0.2) is 0 Å². The summed E-state index contributed by atoms with van der Waals surface area (Å²) in [5.41, 5.74) is 1.51. The van der Waals surface area contributed by atoms with Crippen LogP contribution in [0.25, 0.3) is 5.69 Å². The first-order valence-corrected chi connectivity index (χ1v) is 7.05. The number of carbonyl (C=O) groups is 1. The molecule has 3 aromatic rings. The van der Waals surface area contributed by atoms with Crippen LogP contribution in [0.1, 0.15) is 5.56 Å². The number of amides is 1. The number of benzene rings is 2. The second kappa shape index (κ2) is 6.23. The number of aromatic amines is 1. The molecule has 116 valence electrons. The van der Waals surface area contributed by atoms with Gasteiger partial charge in [-0.3, -0.25) is 15.2 Å². The lowest BCUT2D eigenvalue weighted by Crippen LogP contribution is -2.19. The molecular formula is C17H15N3O3. The Balaban J connectivity index is 1.82. The number of rotatable bonds is 3. The molecule has 2 N–H and O–H groups in total. The van der Waals surface area contributed by atoms with Crippen LogP contribution in [0.2, 0.25) is 0 Å². The fourth-order valence-corrected chi connectivity index (χ4v) is 2.11. The van der Waals surface area contributed by atoms with Gasteiger partial charge in [0, 0.05) is 6.07 Å². The average Bonchev–Trinajstić information content (AvgIpc) is 2.89. The van der Waals surface area contributed by atoms with Gasteiger partial charge in [0.25, 0.3) is 5.56 Å². The number of para-hydroxylation sites is 1. The summed E-state index contributed by atoms with van der Waals surface area (Å²) in [4.78, 5) is 23.6. The summed E-state index contributed by atoms with van der Waals surface area (Å²) in [6.07, 6.45) is -0.670. The fourth-order valence-electron chi connectivity index (χ4n) is 2.11. The fraction of sp³-hybridized carbons (Fsp3) is 0.0588. The van der Waals surface area contributed by atoms with Crippen LogP contribution >= 0.6 is 0 Å². The molecule has 0 atom stereocenters. The van der Waals surface area contributed by atoms with Crippen molar-refractivity contribution in [3.05, 3.63) is 76.6 Å². The second-order valence-electron chi connectivity index (χ2n) is 5.00. The molecule has 0 saturated carbocycles. The molecule has 1 amide bonds. The van der Waals surface area contributed by atoms with E-state index >= 15 is 0 Å². The summed E-state index contributed by atoms with van der Waals surface area (Å²) in [7, 11) is 0. The Kier molecular flexibility index (Phi) is 3.97. The van der Waals surface area contributed by atoms with E-state index in [4.69, 9.17) is 4.74 Å². The number of aryl methyl sites for hydroxylation is 1. The van der Waals surface area contributed by atoms with E-state index in [-0.39, 0.29) is 5.56 Å². The van der Waals surface area contributed by atoms with Gasteiger partial charge in [-0.25, -0.2) is 9.48 Å². The van der Waals surface area contributed by atoms with Gasteiger partial charge in [-0.2, -0.15) is 0 Å². The number of ether oxygens (including phenoxy) is 1. The number of aromatic nitrogens is 2. The SMILES string of the molecule is Cc1ccc(-n2[nH]c(=O)cc2NC(=O)Oc2ccccc2)cc1. The van der Waals surface area contributed by atoms with Gasteiger partial charge >= 0.3 is 6.09 Å². The van der Waals surface area contributed by atoms with Gasteiger partial charge in [-0.05, 0) is 31.2 Å². The lowest BCUT2D eigenvalue weighted by atomic mass is 10.2. The van der Waals surface area contributed by atoms with E-state index in [1.165, 1.54) is 10.7 Å². The maximum absolute atomic E-state index is 12.0. The van der Waals surface area contributed by atoms with Crippen molar-refractivity contribution in [1.29, 1.82) is 0 Å². The molecule has 0 radical (unpaired) electrons. The highest BCUT2D eigenvalue weighted by molar-refractivity contribution is 5.85. The van der Waals surface area contributed by atoms with Crippen LogP contribution in [0, 0.1) is 6.92 Å². The quantitative estimate of drug-likeness (QED) is 0.780. The molecule has 0 spiro atoms. The summed E-state index contributed by atoms with van der Waals surface area (Å²) in [5.74, 6) is 0.726. The van der Waals surface area contributed by atoms with Crippen LogP contribution in [0.15, 0.2) is 65.5 Å². The molecule has 0 unspecified atom stereocenters. The van der Waals surface area contributed by atoms with Crippen molar-refractivity contribution < 1.29 is 9.53 Å². The molecule has 0 saturated heterocycles. The standard InChI is InChI=1S/C17H15N3O3/c1-12-7-9-13(10-8-12)20-15(11-16(21)19-20)18-17(22)23-14-5-3-2-4-6-14/h2-11H,1H3,(H,18,22)(H,19,21). The van der Waals surface area contributed by atoms with Crippen LogP contribution in [0.5, 0.6) is 5.75 Å². The molecule has 2 aromatic carbocycles. The lowest BCUT2D eigenvalue weighted by Gasteiger charge is -2.10. The van der Waals surface area contributed by atoms with Crippen LogP contribution in [-0.4, -0.2) is 15.9 Å². The normalized spacial score (nSPS) is 10.3. The lowest BCUT2D eigenvalue weighted by molar-refractivity contribution is 0.215. The number of anilines is 1. The smallest absolute Gasteiger partial charge is 0.410 e. The summed E-state index contributed by atoms with van der Waals surface area (Å²) < 4.78 is 6.65. The van der Waals surface area contributed by atoms with E-state index in [0.717, 1.165) is 11.3 Å². The molecule has 23 heavy (non-hydrogen) atoms. The largest absolute Gasteiger partial charge is 0.418 e. The summed E-state index contributed by atoms with van der Waals surface area (Å²) in [6.45, 7) is 1.97. The predicted octanol–water partition coefficient (Wildman–Crippen LogP) is 3.08. The van der Waals surface area contributed by atoms with Gasteiger partial charge in [-0.15, -0.1) is 0 Å². The summed E-state index contributed by atoms with van der Waals surface area (Å²) in [6, 6.07) is 17.5. The Labute approximate surface area is 132 Å². The molecule has 1 heterocycles. The Morgan fingerprint density at radius 2 is 1.78 bits per heavy atom. The van der Waals surface area contributed by atoms with E-state index in [9.17, 15) is 9.59 Å². The molecule has 3 rings (SSSR count). The molecule has 6 heteroatoms. The molecule has 0 aliphatic rings. The molecule has 0 aliphatic heterocycles. The number of H-pyrrole nitrogens is 1. The first kappa shape index (κ1) is 14.6.